The first kappa shape index (κ1) is 12.4. The van der Waals surface area contributed by atoms with Crippen LogP contribution in [-0.4, -0.2) is 0 Å². The first-order valence-electron chi connectivity index (χ1n) is 7.26. The lowest BCUT2D eigenvalue weighted by Gasteiger charge is -2.11. The highest BCUT2D eigenvalue weighted by Crippen LogP contribution is 2.31. The molecule has 0 atom stereocenters. The van der Waals surface area contributed by atoms with E-state index in [1.54, 1.807) is 0 Å². The molecule has 1 heteroatoms. The molecule has 2 aromatic rings. The van der Waals surface area contributed by atoms with Crippen LogP contribution in [0.2, 0.25) is 0 Å². The molecule has 0 unspecified atom stereocenters. The highest BCUT2D eigenvalue weighted by Gasteiger charge is 2.14. The third-order valence-electron chi connectivity index (χ3n) is 4.08. The van der Waals surface area contributed by atoms with Gasteiger partial charge in [0.1, 0.15) is 0 Å². The predicted molar refractivity (Wildman–Crippen MR) is 81.2 cm³/mol. The number of benzene rings is 2. The molecule has 0 bridgehead atoms. The summed E-state index contributed by atoms with van der Waals surface area (Å²) in [6, 6.07) is 13.8. The van der Waals surface area contributed by atoms with Gasteiger partial charge in [-0.05, 0) is 46.2 Å². The van der Waals surface area contributed by atoms with Crippen molar-refractivity contribution in [1.82, 2.24) is 5.32 Å². The molecule has 0 spiro atoms. The average molecular weight is 251 g/mol. The van der Waals surface area contributed by atoms with Crippen LogP contribution in [0.4, 0.5) is 0 Å². The summed E-state index contributed by atoms with van der Waals surface area (Å²) in [6.45, 7) is 6.37. The smallest absolute Gasteiger partial charge is 0.0214 e. The zero-order chi connectivity index (χ0) is 13.2. The summed E-state index contributed by atoms with van der Waals surface area (Å²) in [6.07, 6.45) is 2.21. The molecular formula is C18H21N. The molecule has 1 heterocycles. The van der Waals surface area contributed by atoms with Crippen molar-refractivity contribution < 1.29 is 0 Å². The number of fused-ring (bicyclic) bond motifs is 3. The fourth-order valence-electron chi connectivity index (χ4n) is 2.88. The summed E-state index contributed by atoms with van der Waals surface area (Å²) >= 11 is 0. The predicted octanol–water partition coefficient (Wildman–Crippen LogP) is 4.08. The van der Waals surface area contributed by atoms with Crippen molar-refractivity contribution in [2.24, 2.45) is 0 Å². The zero-order valence-corrected chi connectivity index (χ0v) is 11.8. The van der Waals surface area contributed by atoms with E-state index in [4.69, 9.17) is 0 Å². The molecule has 0 amide bonds. The second-order valence-corrected chi connectivity index (χ2v) is 5.29. The van der Waals surface area contributed by atoms with Crippen molar-refractivity contribution in [2.75, 3.05) is 0 Å². The first-order chi connectivity index (χ1) is 9.31. The van der Waals surface area contributed by atoms with Crippen LogP contribution in [0.1, 0.15) is 36.1 Å². The van der Waals surface area contributed by atoms with Crippen LogP contribution in [0, 0.1) is 0 Å². The van der Waals surface area contributed by atoms with Gasteiger partial charge in [0.2, 0.25) is 0 Å². The van der Waals surface area contributed by atoms with Gasteiger partial charge in [-0.25, -0.2) is 0 Å². The molecule has 0 radical (unpaired) electrons. The highest BCUT2D eigenvalue weighted by atomic mass is 14.9. The zero-order valence-electron chi connectivity index (χ0n) is 11.8. The first-order valence-corrected chi connectivity index (χ1v) is 7.26. The second-order valence-electron chi connectivity index (χ2n) is 5.29. The van der Waals surface area contributed by atoms with Gasteiger partial charge in [-0.2, -0.15) is 0 Å². The molecule has 0 fully saturated rings. The highest BCUT2D eigenvalue weighted by molar-refractivity contribution is 5.72. The van der Waals surface area contributed by atoms with Crippen LogP contribution in [0.5, 0.6) is 0 Å². The normalized spacial score (nSPS) is 13.6. The number of nitrogens with one attached hydrogen (secondary N) is 1. The van der Waals surface area contributed by atoms with E-state index in [1.165, 1.54) is 33.4 Å². The van der Waals surface area contributed by atoms with Crippen molar-refractivity contribution in [2.45, 2.75) is 39.8 Å². The minimum Gasteiger partial charge on any atom is -0.309 e. The molecule has 0 aromatic heterocycles. The lowest BCUT2D eigenvalue weighted by Crippen LogP contribution is -2.10. The molecule has 0 saturated carbocycles. The van der Waals surface area contributed by atoms with Crippen molar-refractivity contribution in [3.05, 3.63) is 58.7 Å². The molecular weight excluding hydrogens is 230 g/mol. The Balaban J connectivity index is 2.14. The van der Waals surface area contributed by atoms with Gasteiger partial charge in [-0.15, -0.1) is 0 Å². The Hall–Kier alpha value is -1.60. The van der Waals surface area contributed by atoms with Crippen LogP contribution >= 0.6 is 0 Å². The van der Waals surface area contributed by atoms with Gasteiger partial charge >= 0.3 is 0 Å². The largest absolute Gasteiger partial charge is 0.309 e. The fourth-order valence-corrected chi connectivity index (χ4v) is 2.88. The van der Waals surface area contributed by atoms with Crippen molar-refractivity contribution in [3.63, 3.8) is 0 Å². The lowest BCUT2D eigenvalue weighted by molar-refractivity contribution is 0.702. The number of hydrogen-bond donors (Lipinski definition) is 1. The summed E-state index contributed by atoms with van der Waals surface area (Å²) in [5.74, 6) is 0. The van der Waals surface area contributed by atoms with Crippen LogP contribution in [0.25, 0.3) is 11.1 Å². The molecule has 1 N–H and O–H groups in total. The van der Waals surface area contributed by atoms with Crippen LogP contribution in [0.15, 0.2) is 36.4 Å². The van der Waals surface area contributed by atoms with Crippen molar-refractivity contribution >= 4 is 0 Å². The third-order valence-corrected chi connectivity index (χ3v) is 4.08. The summed E-state index contributed by atoms with van der Waals surface area (Å²) < 4.78 is 0. The summed E-state index contributed by atoms with van der Waals surface area (Å²) in [7, 11) is 0. The van der Waals surface area contributed by atoms with Crippen LogP contribution in [0.3, 0.4) is 0 Å². The van der Waals surface area contributed by atoms with Crippen LogP contribution < -0.4 is 5.32 Å². The van der Waals surface area contributed by atoms with Gasteiger partial charge in [-0.1, -0.05) is 50.2 Å². The molecule has 0 saturated heterocycles. The fraction of sp³-hybridized carbons (Fsp3) is 0.333. The lowest BCUT2D eigenvalue weighted by atomic mass is 9.93. The van der Waals surface area contributed by atoms with Gasteiger partial charge < -0.3 is 5.32 Å². The van der Waals surface area contributed by atoms with Gasteiger partial charge in [-0.3, -0.25) is 0 Å². The van der Waals surface area contributed by atoms with E-state index < -0.39 is 0 Å². The Bertz CT molecular complexity index is 545. The molecule has 19 heavy (non-hydrogen) atoms. The molecule has 3 rings (SSSR count). The maximum atomic E-state index is 3.56. The quantitative estimate of drug-likeness (QED) is 0.848. The average Bonchev–Trinajstić information content (AvgIpc) is 2.64. The molecule has 1 aliphatic rings. The molecule has 1 nitrogen and oxygen atoms in total. The van der Waals surface area contributed by atoms with E-state index in [-0.39, 0.29) is 0 Å². The number of aryl methyl sites for hydroxylation is 2. The molecule has 2 aromatic carbocycles. The third kappa shape index (κ3) is 2.31. The maximum absolute atomic E-state index is 3.56. The van der Waals surface area contributed by atoms with Crippen molar-refractivity contribution in [3.8, 4) is 11.1 Å². The van der Waals surface area contributed by atoms with Gasteiger partial charge in [0, 0.05) is 13.1 Å². The number of rotatable bonds is 2. The topological polar surface area (TPSA) is 12.0 Å². The molecule has 0 aliphatic carbocycles. The second kappa shape index (κ2) is 5.18. The van der Waals surface area contributed by atoms with Crippen LogP contribution in [-0.2, 0) is 25.9 Å². The van der Waals surface area contributed by atoms with Gasteiger partial charge in [0.05, 0.1) is 0 Å². The Morgan fingerprint density at radius 2 is 1.26 bits per heavy atom. The summed E-state index contributed by atoms with van der Waals surface area (Å²) in [5.41, 5.74) is 8.52. The number of hydrogen-bond acceptors (Lipinski definition) is 1. The Morgan fingerprint density at radius 3 is 1.68 bits per heavy atom. The molecule has 98 valence electrons. The maximum Gasteiger partial charge on any atom is 0.0214 e. The van der Waals surface area contributed by atoms with Gasteiger partial charge in [0.25, 0.3) is 0 Å². The van der Waals surface area contributed by atoms with Gasteiger partial charge in [0.15, 0.2) is 0 Å². The monoisotopic (exact) mass is 251 g/mol. The minimum atomic E-state index is 0.972. The van der Waals surface area contributed by atoms with E-state index in [0.29, 0.717) is 0 Å². The van der Waals surface area contributed by atoms with E-state index in [9.17, 15) is 0 Å². The minimum absolute atomic E-state index is 0.972. The van der Waals surface area contributed by atoms with E-state index >= 15 is 0 Å². The Labute approximate surface area is 115 Å². The molecule has 1 aliphatic heterocycles. The Morgan fingerprint density at radius 1 is 0.789 bits per heavy atom. The van der Waals surface area contributed by atoms with E-state index in [2.05, 4.69) is 55.6 Å². The van der Waals surface area contributed by atoms with Crippen molar-refractivity contribution in [1.29, 1.82) is 0 Å². The SMILES string of the molecule is CCc1ccc2c(c1)CNCc1cc(CC)ccc1-2. The standard InChI is InChI=1S/C18H21N/c1-3-13-5-7-17-15(9-13)11-19-12-16-10-14(4-2)6-8-18(16)17/h5-10,19H,3-4,11-12H2,1-2H3. The van der Waals surface area contributed by atoms with E-state index in [0.717, 1.165) is 25.9 Å². The Kier molecular flexibility index (Phi) is 3.39. The van der Waals surface area contributed by atoms with E-state index in [1.807, 2.05) is 0 Å². The summed E-state index contributed by atoms with van der Waals surface area (Å²) in [5, 5.41) is 3.56. The summed E-state index contributed by atoms with van der Waals surface area (Å²) in [4.78, 5) is 0.